The van der Waals surface area contributed by atoms with Gasteiger partial charge in [-0.3, -0.25) is 9.59 Å². The van der Waals surface area contributed by atoms with E-state index in [0.717, 1.165) is 0 Å². The molecule has 1 N–H and O–H groups in total. The van der Waals surface area contributed by atoms with Crippen molar-refractivity contribution in [3.05, 3.63) is 36.0 Å². The predicted molar refractivity (Wildman–Crippen MR) is 75.8 cm³/mol. The Hall–Kier alpha value is -2.44. The zero-order chi connectivity index (χ0) is 15.7. The normalized spacial score (nSPS) is 16.1. The smallest absolute Gasteiger partial charge is 0.306 e. The molecule has 0 saturated carbocycles. The summed E-state index contributed by atoms with van der Waals surface area (Å²) in [7, 11) is 0. The monoisotopic (exact) mass is 305 g/mol. The largest absolute Gasteiger partial charge is 0.481 e. The van der Waals surface area contributed by atoms with Gasteiger partial charge in [0.1, 0.15) is 11.5 Å². The second kappa shape index (κ2) is 5.75. The third-order valence-electron chi connectivity index (χ3n) is 3.99. The Bertz CT molecular complexity index is 720. The predicted octanol–water partition coefficient (Wildman–Crippen LogP) is 1.34. The van der Waals surface area contributed by atoms with E-state index in [9.17, 15) is 14.0 Å². The number of piperidine rings is 1. The van der Waals surface area contributed by atoms with E-state index in [1.54, 1.807) is 21.6 Å². The lowest BCUT2D eigenvalue weighted by Gasteiger charge is -2.30. The van der Waals surface area contributed by atoms with Gasteiger partial charge in [-0.2, -0.15) is 0 Å². The Kier molecular flexibility index (Phi) is 3.79. The molecule has 2 aromatic rings. The van der Waals surface area contributed by atoms with Crippen molar-refractivity contribution in [1.29, 1.82) is 0 Å². The van der Waals surface area contributed by atoms with Crippen LogP contribution in [0.4, 0.5) is 4.39 Å². The van der Waals surface area contributed by atoms with Crippen LogP contribution in [0.15, 0.2) is 24.5 Å². The maximum absolute atomic E-state index is 13.1. The number of aromatic nitrogens is 2. The summed E-state index contributed by atoms with van der Waals surface area (Å²) in [5.74, 6) is -1.59. The number of imidazole rings is 1. The first-order valence-corrected chi connectivity index (χ1v) is 7.16. The lowest BCUT2D eigenvalue weighted by atomic mass is 9.97. The maximum Gasteiger partial charge on any atom is 0.306 e. The van der Waals surface area contributed by atoms with E-state index >= 15 is 0 Å². The minimum atomic E-state index is -0.797. The van der Waals surface area contributed by atoms with E-state index in [1.807, 2.05) is 0 Å². The highest BCUT2D eigenvalue weighted by Crippen LogP contribution is 2.18. The summed E-state index contributed by atoms with van der Waals surface area (Å²) in [5.41, 5.74) is 1.17. The summed E-state index contributed by atoms with van der Waals surface area (Å²) in [6.07, 6.45) is 4.06. The van der Waals surface area contributed by atoms with Gasteiger partial charge in [0.2, 0.25) is 5.91 Å². The van der Waals surface area contributed by atoms with E-state index in [4.69, 9.17) is 5.11 Å². The Labute approximate surface area is 126 Å². The van der Waals surface area contributed by atoms with Gasteiger partial charge < -0.3 is 14.4 Å². The summed E-state index contributed by atoms with van der Waals surface area (Å²) in [5, 5.41) is 8.95. The van der Waals surface area contributed by atoms with Crippen LogP contribution < -0.4 is 0 Å². The molecule has 1 amide bonds. The van der Waals surface area contributed by atoms with Crippen LogP contribution in [-0.4, -0.2) is 44.4 Å². The van der Waals surface area contributed by atoms with Crippen LogP contribution in [-0.2, 0) is 16.0 Å². The average molecular weight is 305 g/mol. The third-order valence-corrected chi connectivity index (χ3v) is 3.99. The first-order chi connectivity index (χ1) is 10.5. The molecule has 0 aliphatic carbocycles. The van der Waals surface area contributed by atoms with E-state index in [-0.39, 0.29) is 24.1 Å². The molecule has 0 aromatic carbocycles. The summed E-state index contributed by atoms with van der Waals surface area (Å²) < 4.78 is 14.7. The highest BCUT2D eigenvalue weighted by molar-refractivity contribution is 5.79. The van der Waals surface area contributed by atoms with Crippen molar-refractivity contribution in [3.63, 3.8) is 0 Å². The van der Waals surface area contributed by atoms with Crippen LogP contribution in [0.1, 0.15) is 18.5 Å². The molecule has 1 aliphatic rings. The average Bonchev–Trinajstić information content (AvgIpc) is 2.88. The molecule has 116 valence electrons. The first kappa shape index (κ1) is 14.5. The number of fused-ring (bicyclic) bond motifs is 1. The number of nitrogens with zero attached hydrogens (tertiary/aromatic N) is 3. The quantitative estimate of drug-likeness (QED) is 0.928. The van der Waals surface area contributed by atoms with Crippen molar-refractivity contribution in [2.24, 2.45) is 5.92 Å². The van der Waals surface area contributed by atoms with Gasteiger partial charge in [-0.15, -0.1) is 0 Å². The number of hydrogen-bond acceptors (Lipinski definition) is 3. The molecular formula is C15H16FN3O3. The SMILES string of the molecule is O=C(O)C1CCN(C(=O)Cc2cn3cc(F)ccc3n2)CC1. The number of carboxylic acid groups (broad SMARTS) is 1. The van der Waals surface area contributed by atoms with Crippen LogP contribution in [0.25, 0.3) is 5.65 Å². The molecule has 0 atom stereocenters. The summed E-state index contributed by atoms with van der Waals surface area (Å²) in [6, 6.07) is 2.88. The van der Waals surface area contributed by atoms with Crippen molar-refractivity contribution >= 4 is 17.5 Å². The second-order valence-electron chi connectivity index (χ2n) is 5.52. The van der Waals surface area contributed by atoms with Gasteiger partial charge in [0.05, 0.1) is 18.0 Å². The van der Waals surface area contributed by atoms with Gasteiger partial charge in [0.15, 0.2) is 0 Å². The Morgan fingerprint density at radius 2 is 2.00 bits per heavy atom. The van der Waals surface area contributed by atoms with Crippen molar-refractivity contribution in [2.75, 3.05) is 13.1 Å². The summed E-state index contributed by atoms with van der Waals surface area (Å²) in [6.45, 7) is 0.912. The second-order valence-corrected chi connectivity index (χ2v) is 5.52. The van der Waals surface area contributed by atoms with Crippen LogP contribution in [0, 0.1) is 11.7 Å². The number of carboxylic acids is 1. The molecule has 0 radical (unpaired) electrons. The van der Waals surface area contributed by atoms with Crippen LogP contribution in [0.3, 0.4) is 0 Å². The maximum atomic E-state index is 13.1. The number of carbonyl (C=O) groups excluding carboxylic acids is 1. The Morgan fingerprint density at radius 3 is 2.68 bits per heavy atom. The lowest BCUT2D eigenvalue weighted by Crippen LogP contribution is -2.41. The number of carbonyl (C=O) groups is 2. The molecule has 1 aliphatic heterocycles. The molecule has 0 bridgehead atoms. The minimum absolute atomic E-state index is 0.0762. The standard InChI is InChI=1S/C15H16FN3O3/c16-11-1-2-13-17-12(9-19(13)8-11)7-14(20)18-5-3-10(4-6-18)15(21)22/h1-2,8-10H,3-7H2,(H,21,22). The minimum Gasteiger partial charge on any atom is -0.481 e. The highest BCUT2D eigenvalue weighted by atomic mass is 19.1. The van der Waals surface area contributed by atoms with Crippen molar-refractivity contribution in [1.82, 2.24) is 14.3 Å². The van der Waals surface area contributed by atoms with Crippen molar-refractivity contribution in [3.8, 4) is 0 Å². The Morgan fingerprint density at radius 1 is 1.27 bits per heavy atom. The molecule has 0 unspecified atom stereocenters. The zero-order valence-corrected chi connectivity index (χ0v) is 11.9. The highest BCUT2D eigenvalue weighted by Gasteiger charge is 2.27. The van der Waals surface area contributed by atoms with Gasteiger partial charge in [-0.05, 0) is 25.0 Å². The topological polar surface area (TPSA) is 74.9 Å². The van der Waals surface area contributed by atoms with Crippen molar-refractivity contribution < 1.29 is 19.1 Å². The third kappa shape index (κ3) is 2.93. The van der Waals surface area contributed by atoms with E-state index < -0.39 is 5.97 Å². The van der Waals surface area contributed by atoms with Gasteiger partial charge in [0.25, 0.3) is 0 Å². The fraction of sp³-hybridized carbons (Fsp3) is 0.400. The molecule has 3 heterocycles. The number of likely N-dealkylation sites (tertiary alicyclic amines) is 1. The Balaban J connectivity index is 1.65. The first-order valence-electron chi connectivity index (χ1n) is 7.16. The summed E-state index contributed by atoms with van der Waals surface area (Å²) in [4.78, 5) is 29.1. The molecule has 7 heteroatoms. The molecule has 6 nitrogen and oxygen atoms in total. The molecular weight excluding hydrogens is 289 g/mol. The summed E-state index contributed by atoms with van der Waals surface area (Å²) >= 11 is 0. The fourth-order valence-corrected chi connectivity index (χ4v) is 2.74. The molecule has 22 heavy (non-hydrogen) atoms. The zero-order valence-electron chi connectivity index (χ0n) is 11.9. The van der Waals surface area contributed by atoms with Gasteiger partial charge in [-0.25, -0.2) is 9.37 Å². The number of amides is 1. The molecule has 0 spiro atoms. The number of halogens is 1. The molecule has 3 rings (SSSR count). The number of hydrogen-bond donors (Lipinski definition) is 1. The van der Waals surface area contributed by atoms with Crippen LogP contribution >= 0.6 is 0 Å². The van der Waals surface area contributed by atoms with E-state index in [1.165, 1.54) is 12.3 Å². The van der Waals surface area contributed by atoms with E-state index in [0.29, 0.717) is 37.3 Å². The van der Waals surface area contributed by atoms with Gasteiger partial charge in [-0.1, -0.05) is 0 Å². The number of rotatable bonds is 3. The van der Waals surface area contributed by atoms with Crippen LogP contribution in [0.2, 0.25) is 0 Å². The van der Waals surface area contributed by atoms with Crippen LogP contribution in [0.5, 0.6) is 0 Å². The number of pyridine rings is 1. The van der Waals surface area contributed by atoms with E-state index in [2.05, 4.69) is 4.98 Å². The van der Waals surface area contributed by atoms with Gasteiger partial charge >= 0.3 is 5.97 Å². The van der Waals surface area contributed by atoms with Gasteiger partial charge in [0, 0.05) is 25.5 Å². The number of aliphatic carboxylic acids is 1. The lowest BCUT2D eigenvalue weighted by molar-refractivity contribution is -0.145. The molecule has 2 aromatic heterocycles. The molecule has 1 fully saturated rings. The molecule has 1 saturated heterocycles. The van der Waals surface area contributed by atoms with Crippen molar-refractivity contribution in [2.45, 2.75) is 19.3 Å². The fourth-order valence-electron chi connectivity index (χ4n) is 2.74.